The predicted octanol–water partition coefficient (Wildman–Crippen LogP) is 7.41. The van der Waals surface area contributed by atoms with Crippen molar-refractivity contribution in [1.29, 1.82) is 0 Å². The average Bonchev–Trinajstić information content (AvgIpc) is 2.68. The van der Waals surface area contributed by atoms with E-state index in [2.05, 4.69) is 6.08 Å². The largest absolute Gasteiger partial charge is 0.251 e. The van der Waals surface area contributed by atoms with E-state index in [1.54, 1.807) is 6.92 Å². The summed E-state index contributed by atoms with van der Waals surface area (Å²) in [6, 6.07) is 1.12. The number of allylic oxidation sites excluding steroid dienone is 2. The van der Waals surface area contributed by atoms with E-state index in [1.165, 1.54) is 25.7 Å². The van der Waals surface area contributed by atoms with Gasteiger partial charge in [0.1, 0.15) is 0 Å². The van der Waals surface area contributed by atoms with E-state index in [4.69, 9.17) is 0 Å². The molecule has 4 heteroatoms. The summed E-state index contributed by atoms with van der Waals surface area (Å²) in [6.07, 6.45) is 13.2. The van der Waals surface area contributed by atoms with Gasteiger partial charge in [-0.25, -0.2) is 13.2 Å². The molecule has 0 radical (unpaired) electrons. The van der Waals surface area contributed by atoms with Crippen molar-refractivity contribution in [3.8, 4) is 0 Å². The highest BCUT2D eigenvalue weighted by atomic mass is 19.2. The third-order valence-corrected chi connectivity index (χ3v) is 6.75. The number of halogens is 4. The highest BCUT2D eigenvalue weighted by molar-refractivity contribution is 5.33. The van der Waals surface area contributed by atoms with Crippen LogP contribution in [0.15, 0.2) is 18.2 Å². The maximum Gasteiger partial charge on any atom is 0.194 e. The first-order chi connectivity index (χ1) is 13.0. The predicted molar refractivity (Wildman–Crippen MR) is 101 cm³/mol. The molecule has 0 N–H and O–H groups in total. The summed E-state index contributed by atoms with van der Waals surface area (Å²) in [6.45, 7) is 1.39. The molecule has 0 heterocycles. The second-order valence-corrected chi connectivity index (χ2v) is 8.41. The van der Waals surface area contributed by atoms with Gasteiger partial charge in [-0.1, -0.05) is 12.2 Å². The van der Waals surface area contributed by atoms with Gasteiger partial charge in [-0.05, 0) is 106 Å². The summed E-state index contributed by atoms with van der Waals surface area (Å²) in [4.78, 5) is 0. The molecule has 0 amide bonds. The van der Waals surface area contributed by atoms with Crippen molar-refractivity contribution in [2.75, 3.05) is 6.67 Å². The van der Waals surface area contributed by atoms with E-state index in [0.717, 1.165) is 31.7 Å². The van der Waals surface area contributed by atoms with Gasteiger partial charge in [0.2, 0.25) is 0 Å². The van der Waals surface area contributed by atoms with Crippen LogP contribution in [-0.4, -0.2) is 6.67 Å². The summed E-state index contributed by atoms with van der Waals surface area (Å²) in [5, 5.41) is 0. The van der Waals surface area contributed by atoms with Gasteiger partial charge in [0.25, 0.3) is 0 Å². The fourth-order valence-electron chi connectivity index (χ4n) is 5.27. The Hall–Kier alpha value is -1.32. The van der Waals surface area contributed by atoms with Crippen LogP contribution in [-0.2, 0) is 0 Å². The topological polar surface area (TPSA) is 0 Å². The lowest BCUT2D eigenvalue weighted by molar-refractivity contribution is 0.170. The number of aryl methyl sites for hydroxylation is 1. The summed E-state index contributed by atoms with van der Waals surface area (Å²) in [7, 11) is 0. The van der Waals surface area contributed by atoms with E-state index >= 15 is 0 Å². The number of hydrogen-bond acceptors (Lipinski definition) is 0. The van der Waals surface area contributed by atoms with E-state index in [9.17, 15) is 17.6 Å². The molecular weight excluding hydrogens is 352 g/mol. The van der Waals surface area contributed by atoms with Crippen molar-refractivity contribution >= 4 is 0 Å². The molecule has 0 saturated heterocycles. The van der Waals surface area contributed by atoms with Crippen molar-refractivity contribution in [3.05, 3.63) is 46.8 Å². The zero-order valence-electron chi connectivity index (χ0n) is 16.1. The quantitative estimate of drug-likeness (QED) is 0.283. The van der Waals surface area contributed by atoms with Crippen molar-refractivity contribution in [2.24, 2.45) is 17.8 Å². The first kappa shape index (κ1) is 20.4. The molecule has 0 aromatic heterocycles. The Kier molecular flexibility index (Phi) is 6.99. The second-order valence-electron chi connectivity index (χ2n) is 8.41. The molecule has 0 unspecified atom stereocenters. The van der Waals surface area contributed by atoms with Crippen LogP contribution in [0, 0.1) is 42.1 Å². The Morgan fingerprint density at radius 3 is 2.07 bits per heavy atom. The van der Waals surface area contributed by atoms with Crippen LogP contribution >= 0.6 is 0 Å². The monoisotopic (exact) mass is 382 g/mol. The van der Waals surface area contributed by atoms with Crippen LogP contribution in [0.25, 0.3) is 0 Å². The lowest BCUT2D eigenvalue weighted by Gasteiger charge is -2.38. The molecule has 3 rings (SSSR count). The lowest BCUT2D eigenvalue weighted by Crippen LogP contribution is -2.25. The van der Waals surface area contributed by atoms with Gasteiger partial charge in [-0.3, -0.25) is 4.39 Å². The Labute approximate surface area is 160 Å². The fourth-order valence-corrected chi connectivity index (χ4v) is 5.27. The van der Waals surface area contributed by atoms with E-state index in [0.29, 0.717) is 35.3 Å². The van der Waals surface area contributed by atoms with Crippen LogP contribution in [0.2, 0.25) is 0 Å². The van der Waals surface area contributed by atoms with Crippen molar-refractivity contribution in [2.45, 2.75) is 70.6 Å². The molecule has 27 heavy (non-hydrogen) atoms. The highest BCUT2D eigenvalue weighted by Gasteiger charge is 2.33. The van der Waals surface area contributed by atoms with Crippen molar-refractivity contribution < 1.29 is 17.6 Å². The molecule has 2 aliphatic carbocycles. The van der Waals surface area contributed by atoms with Gasteiger partial charge < -0.3 is 0 Å². The molecule has 1 aromatic rings. The van der Waals surface area contributed by atoms with Gasteiger partial charge in [0, 0.05) is 0 Å². The molecule has 150 valence electrons. The zero-order valence-corrected chi connectivity index (χ0v) is 16.1. The first-order valence-electron chi connectivity index (χ1n) is 10.4. The summed E-state index contributed by atoms with van der Waals surface area (Å²) in [5.74, 6) is -1.47. The molecule has 0 aliphatic heterocycles. The molecule has 2 fully saturated rings. The first-order valence-corrected chi connectivity index (χ1v) is 10.4. The van der Waals surface area contributed by atoms with Crippen molar-refractivity contribution in [1.82, 2.24) is 0 Å². The molecule has 0 atom stereocenters. The molecule has 0 bridgehead atoms. The fraction of sp³-hybridized carbons (Fsp3) is 0.652. The maximum absolute atomic E-state index is 14.3. The highest BCUT2D eigenvalue weighted by Crippen LogP contribution is 2.45. The molecule has 0 nitrogen and oxygen atoms in total. The number of hydrogen-bond donors (Lipinski definition) is 0. The smallest absolute Gasteiger partial charge is 0.194 e. The normalized spacial score (nSPS) is 29.4. The molecule has 2 aliphatic rings. The van der Waals surface area contributed by atoms with Crippen LogP contribution in [0.1, 0.15) is 74.8 Å². The molecule has 2 saturated carbocycles. The Bertz CT molecular complexity index is 651. The Morgan fingerprint density at radius 1 is 0.889 bits per heavy atom. The van der Waals surface area contributed by atoms with Crippen molar-refractivity contribution in [3.63, 3.8) is 0 Å². The molecule has 1 aromatic carbocycles. The van der Waals surface area contributed by atoms with Gasteiger partial charge >= 0.3 is 0 Å². The summed E-state index contributed by atoms with van der Waals surface area (Å²) >= 11 is 0. The average molecular weight is 382 g/mol. The van der Waals surface area contributed by atoms with Crippen LogP contribution in [0.3, 0.4) is 0 Å². The third kappa shape index (κ3) is 4.75. The number of alkyl halides is 1. The third-order valence-electron chi connectivity index (χ3n) is 6.75. The van der Waals surface area contributed by atoms with Crippen LogP contribution in [0.5, 0.6) is 0 Å². The lowest BCUT2D eigenvalue weighted by atomic mass is 9.68. The Balaban J connectivity index is 1.54. The van der Waals surface area contributed by atoms with E-state index < -0.39 is 17.5 Å². The molecular formula is C23H30F4. The standard InChI is InChI=1S/C23H30F4/c1-15-14-20(25)22(26)23(27)21(15)19-11-9-18(10-12-19)17-7-5-16(6-8-17)4-2-3-13-24/h2,4,14,16-19H,3,5-13H2,1H3. The maximum atomic E-state index is 14.3. The van der Waals surface area contributed by atoms with Gasteiger partial charge in [-0.15, -0.1) is 0 Å². The van der Waals surface area contributed by atoms with Crippen LogP contribution in [0.4, 0.5) is 17.6 Å². The summed E-state index contributed by atoms with van der Waals surface area (Å²) < 4.78 is 53.5. The van der Waals surface area contributed by atoms with Crippen LogP contribution < -0.4 is 0 Å². The van der Waals surface area contributed by atoms with Gasteiger partial charge in [-0.2, -0.15) is 0 Å². The minimum atomic E-state index is -1.34. The van der Waals surface area contributed by atoms with Gasteiger partial charge in [0.15, 0.2) is 17.5 Å². The SMILES string of the molecule is Cc1cc(F)c(F)c(F)c1C1CCC(C2CCC(C=CCCF)CC2)CC1. The minimum Gasteiger partial charge on any atom is -0.251 e. The van der Waals surface area contributed by atoms with E-state index in [-0.39, 0.29) is 12.6 Å². The summed E-state index contributed by atoms with van der Waals surface area (Å²) in [5.41, 5.74) is 0.907. The number of rotatable bonds is 5. The number of benzene rings is 1. The second kappa shape index (κ2) is 9.25. The minimum absolute atomic E-state index is 0.00340. The zero-order chi connectivity index (χ0) is 19.4. The molecule has 0 spiro atoms. The van der Waals surface area contributed by atoms with Gasteiger partial charge in [0.05, 0.1) is 6.67 Å². The Morgan fingerprint density at radius 2 is 1.48 bits per heavy atom. The van der Waals surface area contributed by atoms with E-state index in [1.807, 2.05) is 6.08 Å².